The summed E-state index contributed by atoms with van der Waals surface area (Å²) in [7, 11) is 0. The zero-order valence-electron chi connectivity index (χ0n) is 9.98. The minimum atomic E-state index is 0.166. The number of carbonyl (C=O) groups is 1. The van der Waals surface area contributed by atoms with Crippen molar-refractivity contribution in [3.8, 4) is 11.3 Å². The van der Waals surface area contributed by atoms with Gasteiger partial charge in [0.2, 0.25) is 0 Å². The molecule has 18 heavy (non-hydrogen) atoms. The highest BCUT2D eigenvalue weighted by Gasteiger charge is 2.24. The maximum Gasteiger partial charge on any atom is 0.165 e. The summed E-state index contributed by atoms with van der Waals surface area (Å²) in [6.45, 7) is 2.66. The second kappa shape index (κ2) is 4.31. The molecular weight excluding hydrogens is 294 g/mol. The second-order valence-electron chi connectivity index (χ2n) is 4.32. The monoisotopic (exact) mass is 305 g/mol. The van der Waals surface area contributed by atoms with E-state index >= 15 is 0 Å². The molecule has 0 atom stereocenters. The molecule has 0 unspecified atom stereocenters. The summed E-state index contributed by atoms with van der Waals surface area (Å²) in [6.07, 6.45) is 1.29. The number of halogens is 1. The molecule has 0 aliphatic carbocycles. The molecule has 1 aromatic heterocycles. The smallest absolute Gasteiger partial charge is 0.165 e. The molecule has 5 heteroatoms. The number of Topliss-reactive ketones (excluding diaryl/α,β-unsaturated/α-hetero) is 1. The first-order valence-electron chi connectivity index (χ1n) is 5.96. The van der Waals surface area contributed by atoms with Crippen LogP contribution in [0, 0.1) is 0 Å². The molecule has 0 N–H and O–H groups in total. The summed E-state index contributed by atoms with van der Waals surface area (Å²) in [5, 5.41) is 8.34. The van der Waals surface area contributed by atoms with Crippen molar-refractivity contribution in [2.75, 3.05) is 0 Å². The van der Waals surface area contributed by atoms with Gasteiger partial charge in [-0.1, -0.05) is 34.1 Å². The second-order valence-corrected chi connectivity index (χ2v) is 5.24. The van der Waals surface area contributed by atoms with E-state index in [0.717, 1.165) is 33.4 Å². The molecule has 92 valence electrons. The number of aromatic nitrogens is 3. The quantitative estimate of drug-likeness (QED) is 0.814. The average molecular weight is 306 g/mol. The van der Waals surface area contributed by atoms with E-state index in [9.17, 15) is 4.79 Å². The molecule has 3 rings (SSSR count). The number of hydrogen-bond acceptors (Lipinski definition) is 3. The minimum absolute atomic E-state index is 0.166. The van der Waals surface area contributed by atoms with Gasteiger partial charge in [0.05, 0.1) is 17.9 Å². The molecule has 1 aliphatic rings. The fourth-order valence-electron chi connectivity index (χ4n) is 2.33. The molecular formula is C13H12BrN3O. The van der Waals surface area contributed by atoms with Gasteiger partial charge < -0.3 is 0 Å². The number of ketones is 1. The van der Waals surface area contributed by atoms with Crippen molar-refractivity contribution >= 4 is 21.7 Å². The van der Waals surface area contributed by atoms with E-state index in [1.165, 1.54) is 0 Å². The van der Waals surface area contributed by atoms with E-state index in [-0.39, 0.29) is 5.78 Å². The molecule has 0 spiro atoms. The van der Waals surface area contributed by atoms with E-state index in [0.29, 0.717) is 13.0 Å². The summed E-state index contributed by atoms with van der Waals surface area (Å²) in [6, 6.07) is 5.81. The number of hydrogen-bond donors (Lipinski definition) is 0. The van der Waals surface area contributed by atoms with E-state index < -0.39 is 0 Å². The summed E-state index contributed by atoms with van der Waals surface area (Å²) in [5.41, 5.74) is 3.65. The predicted octanol–water partition coefficient (Wildman–Crippen LogP) is 2.86. The lowest BCUT2D eigenvalue weighted by molar-refractivity contribution is 0.0978. The fraction of sp³-hybridized carbons (Fsp3) is 0.308. The molecule has 4 nitrogen and oxygen atoms in total. The third-order valence-corrected chi connectivity index (χ3v) is 3.72. The van der Waals surface area contributed by atoms with Crippen molar-refractivity contribution in [1.29, 1.82) is 0 Å². The van der Waals surface area contributed by atoms with Crippen LogP contribution in [0.1, 0.15) is 29.4 Å². The van der Waals surface area contributed by atoms with Gasteiger partial charge in [-0.2, -0.15) is 0 Å². The highest BCUT2D eigenvalue weighted by atomic mass is 79.9. The third-order valence-electron chi connectivity index (χ3n) is 3.23. The van der Waals surface area contributed by atoms with Gasteiger partial charge in [-0.15, -0.1) is 5.10 Å². The number of aryl methyl sites for hydroxylation is 2. The van der Waals surface area contributed by atoms with Crippen molar-refractivity contribution in [2.24, 2.45) is 0 Å². The number of nitrogens with zero attached hydrogens (tertiary/aromatic N) is 3. The number of carbonyl (C=O) groups excluding carboxylic acids is 1. The molecule has 1 aromatic carbocycles. The van der Waals surface area contributed by atoms with Gasteiger partial charge in [-0.3, -0.25) is 4.79 Å². The summed E-state index contributed by atoms with van der Waals surface area (Å²) < 4.78 is 2.77. The maximum atomic E-state index is 12.1. The molecule has 0 radical (unpaired) electrons. The van der Waals surface area contributed by atoms with Gasteiger partial charge in [-0.25, -0.2) is 4.68 Å². The SMILES string of the molecule is CCc1nnn2c1-c1ccc(Br)cc1C(=O)CC2. The lowest BCUT2D eigenvalue weighted by Gasteiger charge is -2.07. The Morgan fingerprint density at radius 1 is 1.39 bits per heavy atom. The lowest BCUT2D eigenvalue weighted by atomic mass is 9.99. The topological polar surface area (TPSA) is 47.8 Å². The Labute approximate surface area is 113 Å². The molecule has 0 saturated carbocycles. The van der Waals surface area contributed by atoms with Crippen LogP contribution in [0.15, 0.2) is 22.7 Å². The van der Waals surface area contributed by atoms with Crippen LogP contribution in [0.3, 0.4) is 0 Å². The Morgan fingerprint density at radius 3 is 3.00 bits per heavy atom. The predicted molar refractivity (Wildman–Crippen MR) is 71.5 cm³/mol. The Balaban J connectivity index is 2.31. The molecule has 2 aromatic rings. The lowest BCUT2D eigenvalue weighted by Crippen LogP contribution is -2.03. The maximum absolute atomic E-state index is 12.1. The van der Waals surface area contributed by atoms with Crippen molar-refractivity contribution in [3.05, 3.63) is 33.9 Å². The minimum Gasteiger partial charge on any atom is -0.294 e. The van der Waals surface area contributed by atoms with Crippen molar-refractivity contribution in [2.45, 2.75) is 26.3 Å². The number of fused-ring (bicyclic) bond motifs is 3. The van der Waals surface area contributed by atoms with Crippen LogP contribution in [0.2, 0.25) is 0 Å². The summed E-state index contributed by atoms with van der Waals surface area (Å²) in [5.74, 6) is 0.166. The van der Waals surface area contributed by atoms with E-state index in [2.05, 4.69) is 33.2 Å². The standard InChI is InChI=1S/C13H12BrN3O/c1-2-11-13-9-4-3-8(14)7-10(9)12(18)5-6-17(13)16-15-11/h3-4,7H,2,5-6H2,1H3. The van der Waals surface area contributed by atoms with Crippen LogP contribution in [0.5, 0.6) is 0 Å². The van der Waals surface area contributed by atoms with E-state index in [1.54, 1.807) is 0 Å². The Kier molecular flexibility index (Phi) is 2.78. The van der Waals surface area contributed by atoms with Crippen LogP contribution in [-0.4, -0.2) is 20.8 Å². The molecule has 2 heterocycles. The summed E-state index contributed by atoms with van der Waals surface area (Å²) >= 11 is 3.42. The van der Waals surface area contributed by atoms with E-state index in [1.807, 2.05) is 22.9 Å². The van der Waals surface area contributed by atoms with Crippen LogP contribution in [0.25, 0.3) is 11.3 Å². The van der Waals surface area contributed by atoms with Crippen LogP contribution in [0.4, 0.5) is 0 Å². The van der Waals surface area contributed by atoms with Crippen molar-refractivity contribution < 1.29 is 4.79 Å². The van der Waals surface area contributed by atoms with Crippen LogP contribution >= 0.6 is 15.9 Å². The molecule has 0 bridgehead atoms. The van der Waals surface area contributed by atoms with E-state index in [4.69, 9.17) is 0 Å². The highest BCUT2D eigenvalue weighted by molar-refractivity contribution is 9.10. The van der Waals surface area contributed by atoms with Crippen LogP contribution < -0.4 is 0 Å². The Bertz CT molecular complexity index is 633. The van der Waals surface area contributed by atoms with Gasteiger partial charge in [0, 0.05) is 22.0 Å². The fourth-order valence-corrected chi connectivity index (χ4v) is 2.70. The normalized spacial score (nSPS) is 14.0. The van der Waals surface area contributed by atoms with Gasteiger partial charge in [0.25, 0.3) is 0 Å². The van der Waals surface area contributed by atoms with Gasteiger partial charge in [0.15, 0.2) is 5.78 Å². The zero-order chi connectivity index (χ0) is 12.7. The molecule has 1 aliphatic heterocycles. The first-order valence-corrected chi connectivity index (χ1v) is 6.75. The first kappa shape index (κ1) is 11.6. The largest absolute Gasteiger partial charge is 0.294 e. The Hall–Kier alpha value is -1.49. The Morgan fingerprint density at radius 2 is 2.22 bits per heavy atom. The number of benzene rings is 1. The number of rotatable bonds is 1. The van der Waals surface area contributed by atoms with Gasteiger partial charge in [-0.05, 0) is 18.6 Å². The van der Waals surface area contributed by atoms with Crippen molar-refractivity contribution in [3.63, 3.8) is 0 Å². The summed E-state index contributed by atoms with van der Waals surface area (Å²) in [4.78, 5) is 12.1. The zero-order valence-corrected chi connectivity index (χ0v) is 11.6. The highest BCUT2D eigenvalue weighted by Crippen LogP contribution is 2.32. The van der Waals surface area contributed by atoms with Crippen LogP contribution in [-0.2, 0) is 13.0 Å². The average Bonchev–Trinajstić information content (AvgIpc) is 2.73. The van der Waals surface area contributed by atoms with Crippen molar-refractivity contribution in [1.82, 2.24) is 15.0 Å². The molecule has 0 fully saturated rings. The van der Waals surface area contributed by atoms with Gasteiger partial charge in [0.1, 0.15) is 0 Å². The third kappa shape index (κ3) is 1.70. The molecule has 0 amide bonds. The molecule has 0 saturated heterocycles. The van der Waals surface area contributed by atoms with Gasteiger partial charge >= 0.3 is 0 Å². The first-order chi connectivity index (χ1) is 8.70.